The molecule has 78 valence electrons. The molecule has 1 fully saturated rings. The van der Waals surface area contributed by atoms with Crippen LogP contribution < -0.4 is 0 Å². The number of hydrogen-bond acceptors (Lipinski definition) is 2. The smallest absolute Gasteiger partial charge is 0.0879 e. The van der Waals surface area contributed by atoms with Crippen molar-refractivity contribution in [3.05, 3.63) is 0 Å². The first-order valence-corrected chi connectivity index (χ1v) is 5.38. The SMILES string of the molecule is COCC(C)(O)C1CCCCCC1. The van der Waals surface area contributed by atoms with Crippen molar-refractivity contribution >= 4 is 0 Å². The quantitative estimate of drug-likeness (QED) is 0.686. The molecule has 2 nitrogen and oxygen atoms in total. The van der Waals surface area contributed by atoms with E-state index in [-0.39, 0.29) is 0 Å². The molecule has 1 aliphatic rings. The van der Waals surface area contributed by atoms with Gasteiger partial charge >= 0.3 is 0 Å². The van der Waals surface area contributed by atoms with Gasteiger partial charge in [-0.25, -0.2) is 0 Å². The lowest BCUT2D eigenvalue weighted by Gasteiger charge is -2.31. The minimum Gasteiger partial charge on any atom is -0.387 e. The van der Waals surface area contributed by atoms with Gasteiger partial charge in [-0.15, -0.1) is 0 Å². The van der Waals surface area contributed by atoms with Gasteiger partial charge in [-0.05, 0) is 25.7 Å². The Balaban J connectivity index is 2.46. The van der Waals surface area contributed by atoms with Crippen molar-refractivity contribution < 1.29 is 9.84 Å². The number of rotatable bonds is 3. The fraction of sp³-hybridized carbons (Fsp3) is 1.00. The first-order valence-electron chi connectivity index (χ1n) is 5.38. The fourth-order valence-corrected chi connectivity index (χ4v) is 2.31. The predicted octanol–water partition coefficient (Wildman–Crippen LogP) is 2.35. The third kappa shape index (κ3) is 3.28. The highest BCUT2D eigenvalue weighted by atomic mass is 16.5. The molecular formula is C11H22O2. The van der Waals surface area contributed by atoms with Gasteiger partial charge in [0.1, 0.15) is 0 Å². The Labute approximate surface area is 81.3 Å². The van der Waals surface area contributed by atoms with Crippen LogP contribution in [0.15, 0.2) is 0 Å². The van der Waals surface area contributed by atoms with Gasteiger partial charge in [-0.2, -0.15) is 0 Å². The summed E-state index contributed by atoms with van der Waals surface area (Å²) in [6, 6.07) is 0. The Kier molecular flexibility index (Phi) is 4.20. The van der Waals surface area contributed by atoms with E-state index < -0.39 is 5.60 Å². The summed E-state index contributed by atoms with van der Waals surface area (Å²) in [5.41, 5.74) is -0.612. The summed E-state index contributed by atoms with van der Waals surface area (Å²) in [7, 11) is 1.66. The second-order valence-electron chi connectivity index (χ2n) is 4.48. The zero-order valence-electron chi connectivity index (χ0n) is 8.88. The summed E-state index contributed by atoms with van der Waals surface area (Å²) in [5, 5.41) is 10.1. The summed E-state index contributed by atoms with van der Waals surface area (Å²) in [6.07, 6.45) is 7.53. The summed E-state index contributed by atoms with van der Waals surface area (Å²) >= 11 is 0. The molecule has 0 bridgehead atoms. The largest absolute Gasteiger partial charge is 0.387 e. The van der Waals surface area contributed by atoms with E-state index in [2.05, 4.69) is 0 Å². The topological polar surface area (TPSA) is 29.5 Å². The van der Waals surface area contributed by atoms with E-state index in [1.54, 1.807) is 7.11 Å². The van der Waals surface area contributed by atoms with Gasteiger partial charge in [0.15, 0.2) is 0 Å². The second-order valence-corrected chi connectivity index (χ2v) is 4.48. The van der Waals surface area contributed by atoms with Crippen LogP contribution in [0.25, 0.3) is 0 Å². The van der Waals surface area contributed by atoms with Crippen LogP contribution in [0.5, 0.6) is 0 Å². The summed E-state index contributed by atoms with van der Waals surface area (Å²) in [4.78, 5) is 0. The van der Waals surface area contributed by atoms with Crippen LogP contribution in [0.3, 0.4) is 0 Å². The Morgan fingerprint density at radius 1 is 1.23 bits per heavy atom. The zero-order chi connectivity index (χ0) is 9.73. The van der Waals surface area contributed by atoms with Gasteiger partial charge in [0.25, 0.3) is 0 Å². The maximum Gasteiger partial charge on any atom is 0.0879 e. The van der Waals surface area contributed by atoms with Crippen molar-refractivity contribution in [1.82, 2.24) is 0 Å². The molecule has 0 saturated heterocycles. The molecule has 1 N–H and O–H groups in total. The Morgan fingerprint density at radius 3 is 2.23 bits per heavy atom. The molecule has 0 aromatic heterocycles. The van der Waals surface area contributed by atoms with Crippen LogP contribution in [-0.4, -0.2) is 24.4 Å². The molecule has 0 radical (unpaired) electrons. The van der Waals surface area contributed by atoms with Crippen LogP contribution in [0.2, 0.25) is 0 Å². The van der Waals surface area contributed by atoms with E-state index in [0.29, 0.717) is 12.5 Å². The molecule has 0 heterocycles. The molecule has 1 saturated carbocycles. The Bertz CT molecular complexity index is 135. The summed E-state index contributed by atoms with van der Waals surface area (Å²) in [6.45, 7) is 2.38. The lowest BCUT2D eigenvalue weighted by Crippen LogP contribution is -2.38. The molecular weight excluding hydrogens is 164 g/mol. The van der Waals surface area contributed by atoms with Crippen molar-refractivity contribution in [1.29, 1.82) is 0 Å². The maximum atomic E-state index is 10.1. The molecule has 0 aliphatic heterocycles. The van der Waals surface area contributed by atoms with Gasteiger partial charge in [0, 0.05) is 7.11 Å². The van der Waals surface area contributed by atoms with Gasteiger partial charge in [0.2, 0.25) is 0 Å². The average Bonchev–Trinajstić information content (AvgIpc) is 2.31. The third-order valence-corrected chi connectivity index (χ3v) is 3.17. The normalized spacial score (nSPS) is 25.2. The van der Waals surface area contributed by atoms with Crippen molar-refractivity contribution in [3.8, 4) is 0 Å². The standard InChI is InChI=1S/C11H22O2/c1-11(12,9-13-2)10-7-5-3-4-6-8-10/h10,12H,3-9H2,1-2H3. The van der Waals surface area contributed by atoms with Crippen molar-refractivity contribution in [2.75, 3.05) is 13.7 Å². The van der Waals surface area contributed by atoms with Gasteiger partial charge in [-0.1, -0.05) is 25.7 Å². The molecule has 1 rings (SSSR count). The Hall–Kier alpha value is -0.0800. The first-order chi connectivity index (χ1) is 6.17. The van der Waals surface area contributed by atoms with Gasteiger partial charge < -0.3 is 9.84 Å². The zero-order valence-corrected chi connectivity index (χ0v) is 8.88. The average molecular weight is 186 g/mol. The van der Waals surface area contributed by atoms with Crippen LogP contribution >= 0.6 is 0 Å². The monoisotopic (exact) mass is 186 g/mol. The van der Waals surface area contributed by atoms with Crippen molar-refractivity contribution in [2.24, 2.45) is 5.92 Å². The first kappa shape index (κ1) is 11.0. The predicted molar refractivity (Wildman–Crippen MR) is 53.7 cm³/mol. The number of hydrogen-bond donors (Lipinski definition) is 1. The van der Waals surface area contributed by atoms with E-state index in [0.717, 1.165) is 12.8 Å². The van der Waals surface area contributed by atoms with E-state index in [1.165, 1.54) is 25.7 Å². The molecule has 13 heavy (non-hydrogen) atoms. The van der Waals surface area contributed by atoms with E-state index >= 15 is 0 Å². The van der Waals surface area contributed by atoms with Crippen molar-refractivity contribution in [2.45, 2.75) is 51.0 Å². The highest BCUT2D eigenvalue weighted by Gasteiger charge is 2.31. The van der Waals surface area contributed by atoms with Crippen molar-refractivity contribution in [3.63, 3.8) is 0 Å². The Morgan fingerprint density at radius 2 is 1.77 bits per heavy atom. The van der Waals surface area contributed by atoms with E-state index in [9.17, 15) is 5.11 Å². The number of methoxy groups -OCH3 is 1. The van der Waals surface area contributed by atoms with Crippen LogP contribution in [0.4, 0.5) is 0 Å². The molecule has 0 amide bonds. The lowest BCUT2D eigenvalue weighted by atomic mass is 9.84. The molecule has 0 spiro atoms. The fourth-order valence-electron chi connectivity index (χ4n) is 2.31. The van der Waals surface area contributed by atoms with E-state index in [4.69, 9.17) is 4.74 Å². The molecule has 0 aromatic rings. The molecule has 0 aromatic carbocycles. The van der Waals surface area contributed by atoms with Gasteiger partial charge in [0.05, 0.1) is 12.2 Å². The number of ether oxygens (including phenoxy) is 1. The van der Waals surface area contributed by atoms with Gasteiger partial charge in [-0.3, -0.25) is 0 Å². The highest BCUT2D eigenvalue weighted by Crippen LogP contribution is 2.31. The summed E-state index contributed by atoms with van der Waals surface area (Å²) < 4.78 is 5.05. The molecule has 2 heteroatoms. The van der Waals surface area contributed by atoms with Crippen LogP contribution in [-0.2, 0) is 4.74 Å². The second kappa shape index (κ2) is 4.97. The molecule has 1 unspecified atom stereocenters. The number of aliphatic hydroxyl groups is 1. The van der Waals surface area contributed by atoms with E-state index in [1.807, 2.05) is 6.92 Å². The molecule has 1 aliphatic carbocycles. The van der Waals surface area contributed by atoms with Crippen LogP contribution in [0.1, 0.15) is 45.4 Å². The third-order valence-electron chi connectivity index (χ3n) is 3.17. The summed E-state index contributed by atoms with van der Waals surface area (Å²) in [5.74, 6) is 0.440. The lowest BCUT2D eigenvalue weighted by molar-refractivity contribution is -0.0641. The highest BCUT2D eigenvalue weighted by molar-refractivity contribution is 4.83. The molecule has 1 atom stereocenters. The minimum absolute atomic E-state index is 0.440. The maximum absolute atomic E-state index is 10.1. The van der Waals surface area contributed by atoms with Crippen LogP contribution in [0, 0.1) is 5.92 Å². The minimum atomic E-state index is -0.612.